The fourth-order valence-corrected chi connectivity index (χ4v) is 2.19. The number of benzene rings is 1. The lowest BCUT2D eigenvalue weighted by Gasteiger charge is -2.31. The molecule has 1 aliphatic rings. The number of carbonyl (C=O) groups is 1. The summed E-state index contributed by atoms with van der Waals surface area (Å²) in [6, 6.07) is 7.79. The zero-order valence-electron chi connectivity index (χ0n) is 10.3. The average molecular weight is 232 g/mol. The Morgan fingerprint density at radius 3 is 2.88 bits per heavy atom. The molecule has 1 amide bonds. The second-order valence-corrected chi connectivity index (χ2v) is 4.86. The minimum Gasteiger partial charge on any atom is -0.349 e. The summed E-state index contributed by atoms with van der Waals surface area (Å²) in [6.45, 7) is 2.56. The van der Waals surface area contributed by atoms with Crippen LogP contribution in [0.15, 0.2) is 24.3 Å². The Morgan fingerprint density at radius 1 is 1.53 bits per heavy atom. The molecule has 1 fully saturated rings. The lowest BCUT2D eigenvalue weighted by molar-refractivity contribution is 0.0909. The smallest absolute Gasteiger partial charge is 0.251 e. The molecule has 0 radical (unpaired) electrons. The van der Waals surface area contributed by atoms with Crippen molar-refractivity contribution in [3.63, 3.8) is 0 Å². The van der Waals surface area contributed by atoms with Crippen LogP contribution in [0.5, 0.6) is 0 Å². The van der Waals surface area contributed by atoms with Crippen molar-refractivity contribution in [1.29, 1.82) is 0 Å². The van der Waals surface area contributed by atoms with Crippen LogP contribution in [0.4, 0.5) is 0 Å². The van der Waals surface area contributed by atoms with Crippen LogP contribution >= 0.6 is 0 Å². The van der Waals surface area contributed by atoms with Crippen LogP contribution in [0.1, 0.15) is 42.1 Å². The van der Waals surface area contributed by atoms with Crippen LogP contribution < -0.4 is 11.1 Å². The molecule has 0 aromatic heterocycles. The molecule has 1 atom stereocenters. The summed E-state index contributed by atoms with van der Waals surface area (Å²) in [5.41, 5.74) is 7.27. The zero-order chi connectivity index (χ0) is 12.3. The van der Waals surface area contributed by atoms with Crippen molar-refractivity contribution in [3.8, 4) is 0 Å². The van der Waals surface area contributed by atoms with Crippen molar-refractivity contribution < 1.29 is 4.79 Å². The molecule has 17 heavy (non-hydrogen) atoms. The maximum atomic E-state index is 12.0. The van der Waals surface area contributed by atoms with E-state index < -0.39 is 0 Å². The van der Waals surface area contributed by atoms with E-state index in [1.807, 2.05) is 24.3 Å². The van der Waals surface area contributed by atoms with E-state index in [0.29, 0.717) is 18.0 Å². The number of hydrogen-bond acceptors (Lipinski definition) is 2. The van der Waals surface area contributed by atoms with Crippen LogP contribution in [0.3, 0.4) is 0 Å². The predicted molar refractivity (Wildman–Crippen MR) is 68.6 cm³/mol. The monoisotopic (exact) mass is 232 g/mol. The second kappa shape index (κ2) is 5.32. The SMILES string of the molecule is CC(NC(=O)c1cccc(CN)c1)C1CCC1. The minimum absolute atomic E-state index is 0.0136. The van der Waals surface area contributed by atoms with E-state index in [0.717, 1.165) is 5.56 Å². The van der Waals surface area contributed by atoms with Gasteiger partial charge in [0.2, 0.25) is 0 Å². The first-order valence-electron chi connectivity index (χ1n) is 6.30. The first-order chi connectivity index (χ1) is 8.20. The summed E-state index contributed by atoms with van der Waals surface area (Å²) in [7, 11) is 0. The minimum atomic E-state index is 0.0136. The highest BCUT2D eigenvalue weighted by Gasteiger charge is 2.25. The van der Waals surface area contributed by atoms with Crippen LogP contribution in [-0.2, 0) is 6.54 Å². The lowest BCUT2D eigenvalue weighted by Crippen LogP contribution is -2.40. The van der Waals surface area contributed by atoms with Gasteiger partial charge in [-0.1, -0.05) is 18.6 Å². The van der Waals surface area contributed by atoms with E-state index in [1.165, 1.54) is 19.3 Å². The molecule has 92 valence electrons. The lowest BCUT2D eigenvalue weighted by atomic mass is 9.80. The Labute approximate surface area is 102 Å². The van der Waals surface area contributed by atoms with E-state index in [2.05, 4.69) is 12.2 Å². The molecule has 0 saturated heterocycles. The summed E-state index contributed by atoms with van der Waals surface area (Å²) in [5.74, 6) is 0.677. The molecule has 1 aromatic carbocycles. The quantitative estimate of drug-likeness (QED) is 0.835. The molecule has 3 N–H and O–H groups in total. The number of rotatable bonds is 4. The van der Waals surface area contributed by atoms with E-state index in [4.69, 9.17) is 5.73 Å². The zero-order valence-corrected chi connectivity index (χ0v) is 10.3. The Balaban J connectivity index is 1.98. The third kappa shape index (κ3) is 2.86. The van der Waals surface area contributed by atoms with E-state index in [9.17, 15) is 4.79 Å². The van der Waals surface area contributed by atoms with Gasteiger partial charge in [0.1, 0.15) is 0 Å². The van der Waals surface area contributed by atoms with Crippen LogP contribution in [0.25, 0.3) is 0 Å². The van der Waals surface area contributed by atoms with Gasteiger partial charge in [0, 0.05) is 18.2 Å². The van der Waals surface area contributed by atoms with Crippen molar-refractivity contribution in [1.82, 2.24) is 5.32 Å². The predicted octanol–water partition coefficient (Wildman–Crippen LogP) is 2.06. The van der Waals surface area contributed by atoms with Gasteiger partial charge in [-0.05, 0) is 43.4 Å². The molecule has 0 bridgehead atoms. The Bertz CT molecular complexity index is 399. The average Bonchev–Trinajstić information content (AvgIpc) is 2.26. The highest BCUT2D eigenvalue weighted by Crippen LogP contribution is 2.29. The first-order valence-corrected chi connectivity index (χ1v) is 6.30. The van der Waals surface area contributed by atoms with Gasteiger partial charge in [0.15, 0.2) is 0 Å². The molecule has 0 aliphatic heterocycles. The largest absolute Gasteiger partial charge is 0.349 e. The molecule has 1 saturated carbocycles. The van der Waals surface area contributed by atoms with E-state index in [1.54, 1.807) is 0 Å². The molecule has 1 aromatic rings. The maximum Gasteiger partial charge on any atom is 0.251 e. The molecule has 3 heteroatoms. The van der Waals surface area contributed by atoms with Gasteiger partial charge < -0.3 is 11.1 Å². The Kier molecular flexibility index (Phi) is 3.79. The molecular formula is C14H20N2O. The second-order valence-electron chi connectivity index (χ2n) is 4.86. The summed E-state index contributed by atoms with van der Waals surface area (Å²) in [6.07, 6.45) is 3.78. The molecule has 0 spiro atoms. The normalized spacial score (nSPS) is 17.3. The van der Waals surface area contributed by atoms with Crippen molar-refractivity contribution in [2.75, 3.05) is 0 Å². The van der Waals surface area contributed by atoms with Gasteiger partial charge in [0.05, 0.1) is 0 Å². The maximum absolute atomic E-state index is 12.0. The highest BCUT2D eigenvalue weighted by molar-refractivity contribution is 5.94. The van der Waals surface area contributed by atoms with E-state index >= 15 is 0 Å². The van der Waals surface area contributed by atoms with Gasteiger partial charge in [-0.25, -0.2) is 0 Å². The third-order valence-electron chi connectivity index (χ3n) is 3.64. The van der Waals surface area contributed by atoms with Crippen molar-refractivity contribution in [3.05, 3.63) is 35.4 Å². The Morgan fingerprint density at radius 2 is 2.29 bits per heavy atom. The third-order valence-corrected chi connectivity index (χ3v) is 3.64. The Hall–Kier alpha value is -1.35. The van der Waals surface area contributed by atoms with Crippen molar-refractivity contribution in [2.45, 2.75) is 38.8 Å². The molecule has 3 nitrogen and oxygen atoms in total. The molecule has 1 unspecified atom stereocenters. The van der Waals surface area contributed by atoms with E-state index in [-0.39, 0.29) is 11.9 Å². The van der Waals surface area contributed by atoms with Crippen molar-refractivity contribution in [2.24, 2.45) is 11.7 Å². The topological polar surface area (TPSA) is 55.1 Å². The number of nitrogens with one attached hydrogen (secondary N) is 1. The number of carbonyl (C=O) groups excluding carboxylic acids is 1. The van der Waals surface area contributed by atoms with Gasteiger partial charge in [0.25, 0.3) is 5.91 Å². The molecule has 2 rings (SSSR count). The van der Waals surface area contributed by atoms with Gasteiger partial charge in [-0.15, -0.1) is 0 Å². The van der Waals surface area contributed by atoms with Crippen LogP contribution in [0.2, 0.25) is 0 Å². The summed E-state index contributed by atoms with van der Waals surface area (Å²) in [5, 5.41) is 3.07. The summed E-state index contributed by atoms with van der Waals surface area (Å²) < 4.78 is 0. The number of hydrogen-bond donors (Lipinski definition) is 2. The number of nitrogens with two attached hydrogens (primary N) is 1. The van der Waals surface area contributed by atoms with Gasteiger partial charge in [-0.3, -0.25) is 4.79 Å². The fourth-order valence-electron chi connectivity index (χ4n) is 2.19. The van der Waals surface area contributed by atoms with Crippen LogP contribution in [-0.4, -0.2) is 11.9 Å². The molecule has 1 aliphatic carbocycles. The van der Waals surface area contributed by atoms with Crippen molar-refractivity contribution >= 4 is 5.91 Å². The molecule has 0 heterocycles. The summed E-state index contributed by atoms with van der Waals surface area (Å²) >= 11 is 0. The highest BCUT2D eigenvalue weighted by atomic mass is 16.1. The number of amides is 1. The summed E-state index contributed by atoms with van der Waals surface area (Å²) in [4.78, 5) is 12.0. The van der Waals surface area contributed by atoms with Crippen LogP contribution in [0, 0.1) is 5.92 Å². The van der Waals surface area contributed by atoms with Gasteiger partial charge in [-0.2, -0.15) is 0 Å². The fraction of sp³-hybridized carbons (Fsp3) is 0.500. The molecular weight excluding hydrogens is 212 g/mol. The van der Waals surface area contributed by atoms with Gasteiger partial charge >= 0.3 is 0 Å². The first kappa shape index (κ1) is 12.1. The standard InChI is InChI=1S/C14H20N2O/c1-10(12-5-3-6-12)16-14(17)13-7-2-4-11(8-13)9-15/h2,4,7-8,10,12H,3,5-6,9,15H2,1H3,(H,16,17).